The maximum atomic E-state index is 11.4. The summed E-state index contributed by atoms with van der Waals surface area (Å²) in [6, 6.07) is -0.171. The van der Waals surface area contributed by atoms with Gasteiger partial charge in [0, 0.05) is 25.0 Å². The van der Waals surface area contributed by atoms with Crippen molar-refractivity contribution in [1.82, 2.24) is 15.3 Å². The fraction of sp³-hybridized carbons (Fsp3) is 0.688. The number of nitrogens with zero attached hydrogens (tertiary/aromatic N) is 2. The predicted octanol–water partition coefficient (Wildman–Crippen LogP) is 2.22. The Kier molecular flexibility index (Phi) is 7.41. The molecule has 0 aliphatic carbocycles. The van der Waals surface area contributed by atoms with Crippen molar-refractivity contribution in [2.75, 3.05) is 6.54 Å². The highest BCUT2D eigenvalue weighted by atomic mass is 16.4. The van der Waals surface area contributed by atoms with Crippen molar-refractivity contribution in [3.05, 3.63) is 23.8 Å². The average Bonchev–Trinajstić information content (AvgIpc) is 2.49. The lowest BCUT2D eigenvalue weighted by molar-refractivity contribution is -0.159. The van der Waals surface area contributed by atoms with E-state index >= 15 is 0 Å². The van der Waals surface area contributed by atoms with Crippen LogP contribution in [-0.2, 0) is 4.79 Å². The van der Waals surface area contributed by atoms with Crippen LogP contribution < -0.4 is 5.32 Å². The molecule has 0 fully saturated rings. The Morgan fingerprint density at radius 1 is 1.32 bits per heavy atom. The number of carbonyl (C=O) groups is 1. The Morgan fingerprint density at radius 3 is 2.59 bits per heavy atom. The van der Waals surface area contributed by atoms with Crippen LogP contribution in [0.15, 0.2) is 12.4 Å². The largest absolute Gasteiger partial charge is 0.479 e. The second kappa shape index (κ2) is 8.80. The number of aliphatic hydroxyl groups is 1. The molecule has 124 valence electrons. The maximum Gasteiger partial charge on any atom is 0.337 e. The molecule has 0 amide bonds. The summed E-state index contributed by atoms with van der Waals surface area (Å²) in [5, 5.41) is 22.7. The number of aryl methyl sites for hydroxylation is 1. The van der Waals surface area contributed by atoms with Crippen molar-refractivity contribution in [2.45, 2.75) is 64.5 Å². The number of rotatable bonds is 10. The second-order valence-electron chi connectivity index (χ2n) is 5.78. The number of unbranched alkanes of at least 4 members (excludes halogenated alkanes) is 3. The summed E-state index contributed by atoms with van der Waals surface area (Å²) in [5.41, 5.74) is -0.177. The predicted molar refractivity (Wildman–Crippen MR) is 84.5 cm³/mol. The molecule has 0 spiro atoms. The van der Waals surface area contributed by atoms with Gasteiger partial charge in [-0.2, -0.15) is 0 Å². The zero-order valence-electron chi connectivity index (χ0n) is 13.7. The van der Waals surface area contributed by atoms with E-state index in [1.807, 2.05) is 13.8 Å². The molecule has 0 saturated carbocycles. The Balaban J connectivity index is 2.60. The van der Waals surface area contributed by atoms with Gasteiger partial charge in [0.2, 0.25) is 0 Å². The topological polar surface area (TPSA) is 95.3 Å². The molecular weight excluding hydrogens is 282 g/mol. The van der Waals surface area contributed by atoms with Crippen molar-refractivity contribution >= 4 is 5.97 Å². The molecule has 1 aromatic heterocycles. The summed E-state index contributed by atoms with van der Waals surface area (Å²) in [6.07, 6.45) is 7.25. The normalized spacial score (nSPS) is 15.3. The van der Waals surface area contributed by atoms with Gasteiger partial charge in [-0.05, 0) is 26.7 Å². The van der Waals surface area contributed by atoms with E-state index < -0.39 is 11.6 Å². The third-order valence-electron chi connectivity index (χ3n) is 3.87. The molecule has 0 aromatic carbocycles. The van der Waals surface area contributed by atoms with Gasteiger partial charge in [0.1, 0.15) is 0 Å². The van der Waals surface area contributed by atoms with E-state index in [2.05, 4.69) is 22.2 Å². The van der Waals surface area contributed by atoms with Crippen molar-refractivity contribution in [2.24, 2.45) is 0 Å². The third kappa shape index (κ3) is 5.35. The number of aromatic nitrogens is 2. The Bertz CT molecular complexity index is 481. The van der Waals surface area contributed by atoms with Gasteiger partial charge in [-0.1, -0.05) is 26.2 Å². The van der Waals surface area contributed by atoms with Gasteiger partial charge in [-0.25, -0.2) is 4.79 Å². The van der Waals surface area contributed by atoms with Crippen LogP contribution >= 0.6 is 0 Å². The molecule has 6 nitrogen and oxygen atoms in total. The van der Waals surface area contributed by atoms with Crippen molar-refractivity contribution in [3.63, 3.8) is 0 Å². The zero-order valence-corrected chi connectivity index (χ0v) is 13.7. The van der Waals surface area contributed by atoms with Crippen molar-refractivity contribution in [1.29, 1.82) is 0 Å². The quantitative estimate of drug-likeness (QED) is 0.574. The van der Waals surface area contributed by atoms with Crippen LogP contribution in [0.5, 0.6) is 0 Å². The van der Waals surface area contributed by atoms with Crippen LogP contribution in [-0.4, -0.2) is 38.3 Å². The standard InChI is InChI=1S/C16H27N3O3/c1-4-5-6-7-8-16(22,15(20)21)11-19-13(3)14-12(2)17-9-10-18-14/h9-10,13,19,22H,4-8,11H2,1-3H3,(H,20,21). The lowest BCUT2D eigenvalue weighted by Crippen LogP contribution is -2.48. The van der Waals surface area contributed by atoms with Gasteiger partial charge in [-0.15, -0.1) is 0 Å². The average molecular weight is 309 g/mol. The number of carboxylic acid groups (broad SMARTS) is 1. The van der Waals surface area contributed by atoms with Crippen LogP contribution in [0.4, 0.5) is 0 Å². The number of hydrogen-bond acceptors (Lipinski definition) is 5. The van der Waals surface area contributed by atoms with Crippen molar-refractivity contribution < 1.29 is 15.0 Å². The highest BCUT2D eigenvalue weighted by Crippen LogP contribution is 2.18. The molecule has 1 rings (SSSR count). The van der Waals surface area contributed by atoms with Crippen molar-refractivity contribution in [3.8, 4) is 0 Å². The Morgan fingerprint density at radius 2 is 2.00 bits per heavy atom. The molecular formula is C16H27N3O3. The van der Waals surface area contributed by atoms with Gasteiger partial charge >= 0.3 is 5.97 Å². The summed E-state index contributed by atoms with van der Waals surface area (Å²) in [4.78, 5) is 19.8. The van der Waals surface area contributed by atoms with Crippen LogP contribution in [0.1, 0.15) is 63.4 Å². The summed E-state index contributed by atoms with van der Waals surface area (Å²) in [7, 11) is 0. The molecule has 0 radical (unpaired) electrons. The molecule has 6 heteroatoms. The van der Waals surface area contributed by atoms with E-state index in [1.165, 1.54) is 0 Å². The first kappa shape index (κ1) is 18.5. The smallest absolute Gasteiger partial charge is 0.337 e. The lowest BCUT2D eigenvalue weighted by Gasteiger charge is -2.26. The molecule has 2 unspecified atom stereocenters. The summed E-state index contributed by atoms with van der Waals surface area (Å²) >= 11 is 0. The molecule has 1 heterocycles. The van der Waals surface area contributed by atoms with Crippen LogP contribution in [0.3, 0.4) is 0 Å². The number of aliphatic carboxylic acids is 1. The minimum Gasteiger partial charge on any atom is -0.479 e. The fourth-order valence-electron chi connectivity index (χ4n) is 2.38. The fourth-order valence-corrected chi connectivity index (χ4v) is 2.38. The summed E-state index contributed by atoms with van der Waals surface area (Å²) in [5.74, 6) is -1.18. The van der Waals surface area contributed by atoms with E-state index in [9.17, 15) is 15.0 Å². The first-order valence-corrected chi connectivity index (χ1v) is 7.87. The summed E-state index contributed by atoms with van der Waals surface area (Å²) in [6.45, 7) is 5.83. The number of carboxylic acids is 1. The number of nitrogens with one attached hydrogen (secondary N) is 1. The molecule has 3 N–H and O–H groups in total. The second-order valence-corrected chi connectivity index (χ2v) is 5.78. The summed E-state index contributed by atoms with van der Waals surface area (Å²) < 4.78 is 0. The third-order valence-corrected chi connectivity index (χ3v) is 3.87. The maximum absolute atomic E-state index is 11.4. The first-order valence-electron chi connectivity index (χ1n) is 7.87. The molecule has 2 atom stereocenters. The number of hydrogen-bond donors (Lipinski definition) is 3. The SMILES string of the molecule is CCCCCCC(O)(CNC(C)c1nccnc1C)C(=O)O. The van der Waals surface area contributed by atoms with Crippen LogP contribution in [0.2, 0.25) is 0 Å². The highest BCUT2D eigenvalue weighted by molar-refractivity contribution is 5.77. The van der Waals surface area contributed by atoms with Gasteiger partial charge in [0.05, 0.1) is 11.4 Å². The minimum absolute atomic E-state index is 0.00829. The van der Waals surface area contributed by atoms with E-state index in [0.29, 0.717) is 6.42 Å². The van der Waals surface area contributed by atoms with Gasteiger partial charge in [-0.3, -0.25) is 9.97 Å². The Labute approximate surface area is 132 Å². The molecule has 0 aliphatic rings. The molecule has 0 aliphatic heterocycles. The zero-order chi connectivity index (χ0) is 16.6. The molecule has 0 saturated heterocycles. The first-order chi connectivity index (χ1) is 10.4. The molecule has 0 bridgehead atoms. The van der Waals surface area contributed by atoms with Crippen LogP contribution in [0.25, 0.3) is 0 Å². The Hall–Kier alpha value is -1.53. The molecule has 22 heavy (non-hydrogen) atoms. The van der Waals surface area contributed by atoms with Crippen LogP contribution in [0, 0.1) is 6.92 Å². The van der Waals surface area contributed by atoms with E-state index in [-0.39, 0.29) is 19.0 Å². The van der Waals surface area contributed by atoms with Gasteiger partial charge in [0.25, 0.3) is 0 Å². The van der Waals surface area contributed by atoms with Gasteiger partial charge < -0.3 is 15.5 Å². The minimum atomic E-state index is -1.74. The molecule has 1 aromatic rings. The van der Waals surface area contributed by atoms with Gasteiger partial charge in [0.15, 0.2) is 5.60 Å². The lowest BCUT2D eigenvalue weighted by atomic mass is 9.95. The monoisotopic (exact) mass is 309 g/mol. The van der Waals surface area contributed by atoms with E-state index in [0.717, 1.165) is 30.7 Å². The van der Waals surface area contributed by atoms with E-state index in [1.54, 1.807) is 12.4 Å². The van der Waals surface area contributed by atoms with E-state index in [4.69, 9.17) is 0 Å². The highest BCUT2D eigenvalue weighted by Gasteiger charge is 2.35.